The fourth-order valence-electron chi connectivity index (χ4n) is 3.75. The van der Waals surface area contributed by atoms with Crippen LogP contribution in [-0.4, -0.2) is 63.1 Å². The van der Waals surface area contributed by atoms with Gasteiger partial charge in [0, 0.05) is 20.1 Å². The molecule has 0 radical (unpaired) electrons. The summed E-state index contributed by atoms with van der Waals surface area (Å²) in [5.74, 6) is 2.73. The van der Waals surface area contributed by atoms with Gasteiger partial charge in [0.2, 0.25) is 0 Å². The second-order valence-corrected chi connectivity index (χ2v) is 7.46. The van der Waals surface area contributed by atoms with Crippen molar-refractivity contribution >= 4 is 5.96 Å². The van der Waals surface area contributed by atoms with Crippen LogP contribution in [0, 0.1) is 0 Å². The largest absolute Gasteiger partial charge is 0.468 e. The normalized spacial score (nSPS) is 18.2. The Morgan fingerprint density at radius 3 is 2.25 bits per heavy atom. The van der Waals surface area contributed by atoms with E-state index in [4.69, 9.17) is 8.83 Å². The molecule has 1 aliphatic rings. The molecule has 7 heteroatoms. The highest BCUT2D eigenvalue weighted by Crippen LogP contribution is 2.24. The smallest absolute Gasteiger partial charge is 0.191 e. The SMILES string of the molecule is CN=C(NCC(c1ccco1)N(C)C)NCC(c1ccco1)N1CCCCC1. The molecule has 2 atom stereocenters. The Morgan fingerprint density at radius 2 is 1.68 bits per heavy atom. The average Bonchev–Trinajstić information content (AvgIpc) is 3.42. The highest BCUT2D eigenvalue weighted by Gasteiger charge is 2.25. The molecule has 0 aromatic carbocycles. The van der Waals surface area contributed by atoms with Crippen LogP contribution in [0.5, 0.6) is 0 Å². The lowest BCUT2D eigenvalue weighted by Gasteiger charge is -2.34. The molecule has 0 spiro atoms. The molecule has 0 bridgehead atoms. The van der Waals surface area contributed by atoms with E-state index < -0.39 is 0 Å². The minimum atomic E-state index is 0.136. The van der Waals surface area contributed by atoms with Crippen molar-refractivity contribution in [3.63, 3.8) is 0 Å². The van der Waals surface area contributed by atoms with Crippen molar-refractivity contribution in [3.8, 4) is 0 Å². The van der Waals surface area contributed by atoms with Crippen molar-refractivity contribution in [2.75, 3.05) is 47.3 Å². The first kappa shape index (κ1) is 20.5. The zero-order valence-corrected chi connectivity index (χ0v) is 17.2. The first-order valence-corrected chi connectivity index (χ1v) is 10.1. The highest BCUT2D eigenvalue weighted by molar-refractivity contribution is 5.79. The van der Waals surface area contributed by atoms with Gasteiger partial charge in [0.25, 0.3) is 0 Å². The van der Waals surface area contributed by atoms with Crippen LogP contribution in [0.4, 0.5) is 0 Å². The molecule has 2 unspecified atom stereocenters. The molecule has 2 aromatic rings. The summed E-state index contributed by atoms with van der Waals surface area (Å²) in [6.07, 6.45) is 7.28. The van der Waals surface area contributed by atoms with Gasteiger partial charge in [0.05, 0.1) is 24.6 Å². The summed E-state index contributed by atoms with van der Waals surface area (Å²) in [6, 6.07) is 8.30. The van der Waals surface area contributed by atoms with Crippen LogP contribution in [-0.2, 0) is 0 Å². The van der Waals surface area contributed by atoms with Crippen LogP contribution >= 0.6 is 0 Å². The number of hydrogen-bond donors (Lipinski definition) is 2. The summed E-state index contributed by atoms with van der Waals surface area (Å²) >= 11 is 0. The average molecular weight is 388 g/mol. The number of nitrogens with one attached hydrogen (secondary N) is 2. The molecule has 3 heterocycles. The Kier molecular flexibility index (Phi) is 7.56. The van der Waals surface area contributed by atoms with Crippen molar-refractivity contribution in [1.29, 1.82) is 0 Å². The van der Waals surface area contributed by atoms with E-state index in [9.17, 15) is 0 Å². The number of likely N-dealkylation sites (tertiary alicyclic amines) is 1. The molecule has 3 rings (SSSR count). The number of nitrogens with zero attached hydrogens (tertiary/aromatic N) is 3. The number of piperidine rings is 1. The Hall–Kier alpha value is -2.25. The topological polar surface area (TPSA) is 69.2 Å². The van der Waals surface area contributed by atoms with Crippen molar-refractivity contribution < 1.29 is 8.83 Å². The van der Waals surface area contributed by atoms with E-state index >= 15 is 0 Å². The summed E-state index contributed by atoms with van der Waals surface area (Å²) < 4.78 is 11.3. The van der Waals surface area contributed by atoms with Gasteiger partial charge in [-0.25, -0.2) is 0 Å². The summed E-state index contributed by atoms with van der Waals surface area (Å²) in [6.45, 7) is 3.68. The second-order valence-electron chi connectivity index (χ2n) is 7.46. The number of rotatable bonds is 8. The summed E-state index contributed by atoms with van der Waals surface area (Å²) in [4.78, 5) is 9.04. The van der Waals surface area contributed by atoms with Crippen LogP contribution in [0.25, 0.3) is 0 Å². The molecule has 2 aromatic heterocycles. The number of hydrogen-bond acceptors (Lipinski definition) is 5. The molecular formula is C21H33N5O2. The van der Waals surface area contributed by atoms with Gasteiger partial charge in [-0.3, -0.25) is 14.8 Å². The van der Waals surface area contributed by atoms with Crippen molar-refractivity contribution in [2.45, 2.75) is 31.3 Å². The summed E-state index contributed by atoms with van der Waals surface area (Å²) in [5.41, 5.74) is 0. The van der Waals surface area contributed by atoms with Crippen LogP contribution in [0.15, 0.2) is 50.6 Å². The lowest BCUT2D eigenvalue weighted by Crippen LogP contribution is -2.46. The van der Waals surface area contributed by atoms with E-state index in [-0.39, 0.29) is 12.1 Å². The van der Waals surface area contributed by atoms with Gasteiger partial charge in [-0.05, 0) is 64.3 Å². The van der Waals surface area contributed by atoms with Gasteiger partial charge in [-0.15, -0.1) is 0 Å². The molecule has 28 heavy (non-hydrogen) atoms. The molecule has 1 saturated heterocycles. The fraction of sp³-hybridized carbons (Fsp3) is 0.571. The van der Waals surface area contributed by atoms with Crippen molar-refractivity contribution in [3.05, 3.63) is 48.3 Å². The number of furan rings is 2. The number of guanidine groups is 1. The van der Waals surface area contributed by atoms with E-state index in [1.54, 1.807) is 19.6 Å². The van der Waals surface area contributed by atoms with Crippen LogP contribution in [0.3, 0.4) is 0 Å². The zero-order chi connectivity index (χ0) is 19.8. The zero-order valence-electron chi connectivity index (χ0n) is 17.2. The second kappa shape index (κ2) is 10.3. The monoisotopic (exact) mass is 387 g/mol. The minimum absolute atomic E-state index is 0.136. The Morgan fingerprint density at radius 1 is 1.04 bits per heavy atom. The third kappa shape index (κ3) is 5.39. The summed E-state index contributed by atoms with van der Waals surface area (Å²) in [7, 11) is 5.90. The van der Waals surface area contributed by atoms with E-state index in [1.807, 2.05) is 32.3 Å². The van der Waals surface area contributed by atoms with Crippen molar-refractivity contribution in [2.24, 2.45) is 4.99 Å². The predicted octanol–water partition coefficient (Wildman–Crippen LogP) is 2.87. The van der Waals surface area contributed by atoms with Crippen molar-refractivity contribution in [1.82, 2.24) is 20.4 Å². The molecular weight excluding hydrogens is 354 g/mol. The number of likely N-dealkylation sites (N-methyl/N-ethyl adjacent to an activating group) is 1. The minimum Gasteiger partial charge on any atom is -0.468 e. The molecule has 2 N–H and O–H groups in total. The Bertz CT molecular complexity index is 690. The van der Waals surface area contributed by atoms with E-state index in [1.165, 1.54) is 19.3 Å². The Balaban J connectivity index is 1.58. The van der Waals surface area contributed by atoms with Gasteiger partial charge in [-0.2, -0.15) is 0 Å². The van der Waals surface area contributed by atoms with Gasteiger partial charge >= 0.3 is 0 Å². The standard InChI is InChI=1S/C21H33N5O2/c1-22-21(23-15-17(25(2)3)19-9-7-13-27-19)24-16-18(20-10-8-14-28-20)26-11-5-4-6-12-26/h7-10,13-14,17-18H,4-6,11-12,15-16H2,1-3H3,(H2,22,23,24). The van der Waals surface area contributed by atoms with E-state index in [0.29, 0.717) is 6.54 Å². The van der Waals surface area contributed by atoms with E-state index in [0.717, 1.165) is 37.1 Å². The van der Waals surface area contributed by atoms with Crippen LogP contribution < -0.4 is 10.6 Å². The molecule has 0 amide bonds. The molecule has 1 fully saturated rings. The van der Waals surface area contributed by atoms with Gasteiger partial charge in [-0.1, -0.05) is 6.42 Å². The van der Waals surface area contributed by atoms with Gasteiger partial charge in [0.1, 0.15) is 11.5 Å². The van der Waals surface area contributed by atoms with Crippen LogP contribution in [0.1, 0.15) is 42.9 Å². The Labute approximate surface area is 167 Å². The fourth-order valence-corrected chi connectivity index (χ4v) is 3.75. The lowest BCUT2D eigenvalue weighted by molar-refractivity contribution is 0.146. The predicted molar refractivity (Wildman–Crippen MR) is 111 cm³/mol. The lowest BCUT2D eigenvalue weighted by atomic mass is 10.1. The first-order valence-electron chi connectivity index (χ1n) is 10.1. The summed E-state index contributed by atoms with van der Waals surface area (Å²) in [5, 5.41) is 6.91. The molecule has 0 aliphatic carbocycles. The maximum absolute atomic E-state index is 5.73. The highest BCUT2D eigenvalue weighted by atomic mass is 16.3. The third-order valence-corrected chi connectivity index (χ3v) is 5.35. The van der Waals surface area contributed by atoms with E-state index in [2.05, 4.69) is 31.5 Å². The molecule has 7 nitrogen and oxygen atoms in total. The third-order valence-electron chi connectivity index (χ3n) is 5.35. The molecule has 0 saturated carbocycles. The molecule has 154 valence electrons. The number of aliphatic imine (C=N–C) groups is 1. The maximum Gasteiger partial charge on any atom is 0.191 e. The van der Waals surface area contributed by atoms with Gasteiger partial charge in [0.15, 0.2) is 5.96 Å². The molecule has 1 aliphatic heterocycles. The van der Waals surface area contributed by atoms with Gasteiger partial charge < -0.3 is 19.5 Å². The maximum atomic E-state index is 5.73. The van der Waals surface area contributed by atoms with Crippen LogP contribution in [0.2, 0.25) is 0 Å². The quantitative estimate of drug-likeness (QED) is 0.536. The first-order chi connectivity index (χ1) is 13.7.